The number of nitrogens with two attached hydrogens (primary N) is 1. The van der Waals surface area contributed by atoms with Crippen molar-refractivity contribution in [3.05, 3.63) is 29.3 Å². The van der Waals surface area contributed by atoms with Gasteiger partial charge in [0.1, 0.15) is 0 Å². The zero-order valence-corrected chi connectivity index (χ0v) is 10.9. The third-order valence-corrected chi connectivity index (χ3v) is 3.18. The molecule has 0 aromatic heterocycles. The largest absolute Gasteiger partial charge is 0.416 e. The SMILES string of the molecule is N/C(=N/O)c1cc(C(F)(F)F)ccc1NC(=O)CC1CC1. The molecule has 1 saturated carbocycles. The second-order valence-electron chi connectivity index (χ2n) is 4.94. The maximum atomic E-state index is 12.7. The fraction of sp³-hybridized carbons (Fsp3) is 0.385. The van der Waals surface area contributed by atoms with Crippen LogP contribution >= 0.6 is 0 Å². The van der Waals surface area contributed by atoms with Gasteiger partial charge in [0, 0.05) is 12.0 Å². The van der Waals surface area contributed by atoms with Crippen LogP contribution in [0.25, 0.3) is 0 Å². The van der Waals surface area contributed by atoms with Crippen molar-refractivity contribution in [1.29, 1.82) is 0 Å². The predicted molar refractivity (Wildman–Crippen MR) is 69.9 cm³/mol. The zero-order valence-electron chi connectivity index (χ0n) is 10.9. The van der Waals surface area contributed by atoms with Crippen LogP contribution in [0.1, 0.15) is 30.4 Å². The van der Waals surface area contributed by atoms with E-state index in [1.165, 1.54) is 0 Å². The molecule has 1 aromatic rings. The van der Waals surface area contributed by atoms with E-state index < -0.39 is 17.6 Å². The number of nitrogens with one attached hydrogen (secondary N) is 1. The molecule has 1 fully saturated rings. The number of hydrogen-bond donors (Lipinski definition) is 3. The maximum Gasteiger partial charge on any atom is 0.416 e. The molecule has 2 rings (SSSR count). The minimum absolute atomic E-state index is 0.0870. The number of halogens is 3. The fourth-order valence-electron chi connectivity index (χ4n) is 1.88. The van der Waals surface area contributed by atoms with Crippen molar-refractivity contribution in [1.82, 2.24) is 0 Å². The number of oxime groups is 1. The second-order valence-corrected chi connectivity index (χ2v) is 4.94. The van der Waals surface area contributed by atoms with Gasteiger partial charge in [0.25, 0.3) is 0 Å². The Bertz CT molecular complexity index is 581. The van der Waals surface area contributed by atoms with Gasteiger partial charge in [-0.1, -0.05) is 5.16 Å². The van der Waals surface area contributed by atoms with Crippen LogP contribution in [0.15, 0.2) is 23.4 Å². The van der Waals surface area contributed by atoms with Gasteiger partial charge >= 0.3 is 6.18 Å². The molecule has 0 radical (unpaired) electrons. The molecule has 1 aromatic carbocycles. The minimum Gasteiger partial charge on any atom is -0.409 e. The van der Waals surface area contributed by atoms with Crippen molar-refractivity contribution in [3.8, 4) is 0 Å². The van der Waals surface area contributed by atoms with Gasteiger partial charge < -0.3 is 16.3 Å². The monoisotopic (exact) mass is 301 g/mol. The van der Waals surface area contributed by atoms with Gasteiger partial charge in [0.2, 0.25) is 5.91 Å². The quantitative estimate of drug-likeness (QED) is 0.345. The highest BCUT2D eigenvalue weighted by atomic mass is 19.4. The van der Waals surface area contributed by atoms with E-state index in [0.29, 0.717) is 12.3 Å². The van der Waals surface area contributed by atoms with Crippen LogP contribution in [-0.2, 0) is 11.0 Å². The minimum atomic E-state index is -4.55. The Morgan fingerprint density at radius 2 is 2.10 bits per heavy atom. The molecule has 0 bridgehead atoms. The van der Waals surface area contributed by atoms with Gasteiger partial charge in [0.05, 0.1) is 11.3 Å². The van der Waals surface area contributed by atoms with E-state index in [2.05, 4.69) is 10.5 Å². The molecule has 4 N–H and O–H groups in total. The Kier molecular flexibility index (Phi) is 4.06. The van der Waals surface area contributed by atoms with Crippen LogP contribution in [0.3, 0.4) is 0 Å². The lowest BCUT2D eigenvalue weighted by molar-refractivity contribution is -0.137. The molecule has 21 heavy (non-hydrogen) atoms. The molecular formula is C13H14F3N3O2. The van der Waals surface area contributed by atoms with E-state index in [1.54, 1.807) is 0 Å². The normalized spacial score (nSPS) is 15.9. The maximum absolute atomic E-state index is 12.7. The Morgan fingerprint density at radius 1 is 1.43 bits per heavy atom. The van der Waals surface area contributed by atoms with Crippen molar-refractivity contribution in [2.75, 3.05) is 5.32 Å². The highest BCUT2D eigenvalue weighted by Crippen LogP contribution is 2.34. The number of benzene rings is 1. The highest BCUT2D eigenvalue weighted by molar-refractivity contribution is 6.05. The summed E-state index contributed by atoms with van der Waals surface area (Å²) < 4.78 is 38.0. The average molecular weight is 301 g/mol. The summed E-state index contributed by atoms with van der Waals surface area (Å²) in [6.07, 6.45) is -2.28. The van der Waals surface area contributed by atoms with Crippen LogP contribution in [0, 0.1) is 5.92 Å². The lowest BCUT2D eigenvalue weighted by Gasteiger charge is -2.13. The number of rotatable bonds is 4. The zero-order chi connectivity index (χ0) is 15.6. The summed E-state index contributed by atoms with van der Waals surface area (Å²) in [5.74, 6) is -0.459. The number of nitrogens with zero attached hydrogens (tertiary/aromatic N) is 1. The van der Waals surface area contributed by atoms with Gasteiger partial charge in [-0.3, -0.25) is 4.79 Å². The number of amidine groups is 1. The van der Waals surface area contributed by atoms with Crippen LogP contribution in [0.2, 0.25) is 0 Å². The lowest BCUT2D eigenvalue weighted by atomic mass is 10.1. The molecule has 5 nitrogen and oxygen atoms in total. The summed E-state index contributed by atoms with van der Waals surface area (Å²) in [7, 11) is 0. The summed E-state index contributed by atoms with van der Waals surface area (Å²) in [6, 6.07) is 2.67. The Hall–Kier alpha value is -2.25. The molecule has 0 atom stereocenters. The Labute approximate surface area is 118 Å². The first-order valence-electron chi connectivity index (χ1n) is 6.30. The summed E-state index contributed by atoms with van der Waals surface area (Å²) in [6.45, 7) is 0. The molecule has 1 aliphatic rings. The predicted octanol–water partition coefficient (Wildman–Crippen LogP) is 2.54. The van der Waals surface area contributed by atoms with Crippen LogP contribution in [-0.4, -0.2) is 17.0 Å². The molecule has 0 aliphatic heterocycles. The van der Waals surface area contributed by atoms with E-state index in [1.807, 2.05) is 0 Å². The van der Waals surface area contributed by atoms with Gasteiger partial charge in [-0.15, -0.1) is 0 Å². The second kappa shape index (κ2) is 5.63. The summed E-state index contributed by atoms with van der Waals surface area (Å²) in [5, 5.41) is 13.9. The number of carbonyl (C=O) groups is 1. The molecule has 1 amide bonds. The smallest absolute Gasteiger partial charge is 0.409 e. The summed E-state index contributed by atoms with van der Waals surface area (Å²) >= 11 is 0. The van der Waals surface area contributed by atoms with Crippen molar-refractivity contribution in [3.63, 3.8) is 0 Å². The third kappa shape index (κ3) is 3.87. The Balaban J connectivity index is 2.28. The van der Waals surface area contributed by atoms with Crippen LogP contribution in [0.5, 0.6) is 0 Å². The highest BCUT2D eigenvalue weighted by Gasteiger charge is 2.32. The molecule has 0 saturated heterocycles. The van der Waals surface area contributed by atoms with Crippen molar-refractivity contribution < 1.29 is 23.2 Å². The average Bonchev–Trinajstić information content (AvgIpc) is 3.20. The third-order valence-electron chi connectivity index (χ3n) is 3.18. The number of hydrogen-bond acceptors (Lipinski definition) is 3. The molecule has 0 unspecified atom stereocenters. The van der Waals surface area contributed by atoms with E-state index in [4.69, 9.17) is 10.9 Å². The van der Waals surface area contributed by atoms with E-state index in [0.717, 1.165) is 31.0 Å². The van der Waals surface area contributed by atoms with Gasteiger partial charge in [-0.05, 0) is 37.0 Å². The standard InChI is InChI=1S/C13H14F3N3O2/c14-13(15,16)8-3-4-10(9(6-8)12(17)19-21)18-11(20)5-7-1-2-7/h3-4,6-7,21H,1-2,5H2,(H2,17,19)(H,18,20). The molecule has 1 aliphatic carbocycles. The number of amides is 1. The summed E-state index contributed by atoms with van der Waals surface area (Å²) in [4.78, 5) is 11.7. The van der Waals surface area contributed by atoms with Crippen molar-refractivity contribution >= 4 is 17.4 Å². The topological polar surface area (TPSA) is 87.7 Å². The van der Waals surface area contributed by atoms with Gasteiger partial charge in [0.15, 0.2) is 5.84 Å². The van der Waals surface area contributed by atoms with E-state index >= 15 is 0 Å². The van der Waals surface area contributed by atoms with E-state index in [-0.39, 0.29) is 17.2 Å². The first-order valence-corrected chi connectivity index (χ1v) is 6.30. The van der Waals surface area contributed by atoms with Crippen molar-refractivity contribution in [2.45, 2.75) is 25.4 Å². The van der Waals surface area contributed by atoms with Gasteiger partial charge in [-0.25, -0.2) is 0 Å². The molecule has 0 spiro atoms. The van der Waals surface area contributed by atoms with Crippen LogP contribution in [0.4, 0.5) is 18.9 Å². The number of anilines is 1. The van der Waals surface area contributed by atoms with Gasteiger partial charge in [-0.2, -0.15) is 13.2 Å². The number of carbonyl (C=O) groups excluding carboxylic acids is 1. The first-order chi connectivity index (χ1) is 9.81. The lowest BCUT2D eigenvalue weighted by Crippen LogP contribution is -2.20. The molecule has 0 heterocycles. The van der Waals surface area contributed by atoms with Crippen molar-refractivity contribution in [2.24, 2.45) is 16.8 Å². The summed E-state index contributed by atoms with van der Waals surface area (Å²) in [5.41, 5.74) is 4.35. The van der Waals surface area contributed by atoms with E-state index in [9.17, 15) is 18.0 Å². The number of alkyl halides is 3. The molecule has 114 valence electrons. The first kappa shape index (κ1) is 15.1. The molecule has 8 heteroatoms. The fourth-order valence-corrected chi connectivity index (χ4v) is 1.88. The van der Waals surface area contributed by atoms with Crippen LogP contribution < -0.4 is 11.1 Å². The Morgan fingerprint density at radius 3 is 2.62 bits per heavy atom. The molecular weight excluding hydrogens is 287 g/mol.